The van der Waals surface area contributed by atoms with Crippen molar-refractivity contribution >= 4 is 23.2 Å². The number of hydrogen-bond donors (Lipinski definition) is 1. The van der Waals surface area contributed by atoms with E-state index in [9.17, 15) is 0 Å². The van der Waals surface area contributed by atoms with Crippen LogP contribution in [0.5, 0.6) is 11.6 Å². The lowest BCUT2D eigenvalue weighted by atomic mass is 10.2. The van der Waals surface area contributed by atoms with Gasteiger partial charge in [0.05, 0.1) is 11.6 Å². The fourth-order valence-electron chi connectivity index (χ4n) is 1.42. The third-order valence-electron chi connectivity index (χ3n) is 2.34. The third kappa shape index (κ3) is 2.93. The van der Waals surface area contributed by atoms with Gasteiger partial charge in [-0.2, -0.15) is 0 Å². The Kier molecular flexibility index (Phi) is 4.07. The quantitative estimate of drug-likeness (QED) is 0.926. The summed E-state index contributed by atoms with van der Waals surface area (Å²) in [6.45, 7) is 1.82. The molecule has 0 aliphatic rings. The monoisotopic (exact) mass is 283 g/mol. The molecule has 0 aliphatic heterocycles. The maximum Gasteiger partial charge on any atom is 0.238 e. The van der Waals surface area contributed by atoms with Crippen molar-refractivity contribution in [1.29, 1.82) is 0 Å². The number of aliphatic hydroxyl groups is 1. The number of aryl methyl sites for hydroxylation is 1. The SMILES string of the molecule is Cc1ccc(Cl)c(Oc2ncc(CO)cc2Cl)c1. The number of benzene rings is 1. The Balaban J connectivity index is 2.31. The number of hydrogen-bond acceptors (Lipinski definition) is 3. The fourth-order valence-corrected chi connectivity index (χ4v) is 1.80. The van der Waals surface area contributed by atoms with Crippen LogP contribution in [0.15, 0.2) is 30.5 Å². The molecule has 18 heavy (non-hydrogen) atoms. The van der Waals surface area contributed by atoms with Crippen LogP contribution in [-0.4, -0.2) is 10.1 Å². The second-order valence-electron chi connectivity index (χ2n) is 3.82. The van der Waals surface area contributed by atoms with E-state index in [1.807, 2.05) is 13.0 Å². The molecule has 2 aromatic rings. The molecule has 0 spiro atoms. The van der Waals surface area contributed by atoms with E-state index in [0.29, 0.717) is 21.4 Å². The van der Waals surface area contributed by atoms with Gasteiger partial charge in [0.25, 0.3) is 0 Å². The summed E-state index contributed by atoms with van der Waals surface area (Å²) >= 11 is 12.0. The lowest BCUT2D eigenvalue weighted by Gasteiger charge is -2.09. The second-order valence-corrected chi connectivity index (χ2v) is 4.64. The van der Waals surface area contributed by atoms with E-state index in [1.165, 1.54) is 6.20 Å². The van der Waals surface area contributed by atoms with E-state index < -0.39 is 0 Å². The standard InChI is InChI=1S/C13H11Cl2NO2/c1-8-2-3-10(14)12(4-8)18-13-11(15)5-9(7-17)6-16-13/h2-6,17H,7H2,1H3. The highest BCUT2D eigenvalue weighted by atomic mass is 35.5. The smallest absolute Gasteiger partial charge is 0.238 e. The molecule has 1 N–H and O–H groups in total. The van der Waals surface area contributed by atoms with Crippen molar-refractivity contribution < 1.29 is 9.84 Å². The summed E-state index contributed by atoms with van der Waals surface area (Å²) in [6.07, 6.45) is 1.50. The maximum absolute atomic E-state index is 8.96. The minimum absolute atomic E-state index is 0.113. The molecule has 0 radical (unpaired) electrons. The zero-order chi connectivity index (χ0) is 13.1. The topological polar surface area (TPSA) is 42.4 Å². The Morgan fingerprint density at radius 2 is 2.00 bits per heavy atom. The van der Waals surface area contributed by atoms with Crippen molar-refractivity contribution in [2.75, 3.05) is 0 Å². The van der Waals surface area contributed by atoms with Gasteiger partial charge < -0.3 is 9.84 Å². The molecular weight excluding hydrogens is 273 g/mol. The first kappa shape index (κ1) is 13.1. The van der Waals surface area contributed by atoms with E-state index in [2.05, 4.69) is 4.98 Å². The van der Waals surface area contributed by atoms with Crippen LogP contribution in [-0.2, 0) is 6.61 Å². The Labute approximate surface area is 115 Å². The van der Waals surface area contributed by atoms with Crippen LogP contribution in [0, 0.1) is 6.92 Å². The summed E-state index contributed by atoms with van der Waals surface area (Å²) in [6, 6.07) is 7.05. The number of halogens is 2. The maximum atomic E-state index is 8.96. The first-order valence-corrected chi connectivity index (χ1v) is 6.05. The van der Waals surface area contributed by atoms with Crippen molar-refractivity contribution in [2.45, 2.75) is 13.5 Å². The minimum atomic E-state index is -0.113. The van der Waals surface area contributed by atoms with Crippen LogP contribution in [0.3, 0.4) is 0 Å². The molecule has 2 rings (SSSR count). The first-order valence-electron chi connectivity index (χ1n) is 5.29. The van der Waals surface area contributed by atoms with Crippen molar-refractivity contribution in [2.24, 2.45) is 0 Å². The molecule has 0 aliphatic carbocycles. The normalized spacial score (nSPS) is 10.4. The van der Waals surface area contributed by atoms with Crippen molar-refractivity contribution in [3.05, 3.63) is 51.6 Å². The molecule has 1 aromatic heterocycles. The van der Waals surface area contributed by atoms with E-state index in [0.717, 1.165) is 5.56 Å². The van der Waals surface area contributed by atoms with Crippen LogP contribution in [0.4, 0.5) is 0 Å². The lowest BCUT2D eigenvalue weighted by molar-refractivity contribution is 0.281. The zero-order valence-electron chi connectivity index (χ0n) is 9.65. The van der Waals surface area contributed by atoms with E-state index in [-0.39, 0.29) is 12.5 Å². The highest BCUT2D eigenvalue weighted by Gasteiger charge is 2.09. The Bertz CT molecular complexity index is 573. The molecule has 0 atom stereocenters. The molecule has 0 saturated heterocycles. The average Bonchev–Trinajstić information content (AvgIpc) is 2.36. The summed E-state index contributed by atoms with van der Waals surface area (Å²) in [5.41, 5.74) is 1.65. The molecule has 0 unspecified atom stereocenters. The highest BCUT2D eigenvalue weighted by Crippen LogP contribution is 2.32. The molecule has 1 aromatic carbocycles. The minimum Gasteiger partial charge on any atom is -0.436 e. The van der Waals surface area contributed by atoms with Crippen LogP contribution < -0.4 is 4.74 Å². The van der Waals surface area contributed by atoms with Gasteiger partial charge in [-0.15, -0.1) is 0 Å². The predicted molar refractivity (Wildman–Crippen MR) is 71.4 cm³/mol. The summed E-state index contributed by atoms with van der Waals surface area (Å²) in [5, 5.41) is 9.79. The van der Waals surface area contributed by atoms with E-state index >= 15 is 0 Å². The van der Waals surface area contributed by atoms with E-state index in [1.54, 1.807) is 18.2 Å². The van der Waals surface area contributed by atoms with Gasteiger partial charge in [0.1, 0.15) is 10.8 Å². The summed E-state index contributed by atoms with van der Waals surface area (Å²) < 4.78 is 5.56. The molecule has 0 amide bonds. The summed E-state index contributed by atoms with van der Waals surface area (Å²) in [7, 11) is 0. The number of ether oxygens (including phenoxy) is 1. The van der Waals surface area contributed by atoms with Crippen LogP contribution >= 0.6 is 23.2 Å². The molecule has 94 valence electrons. The van der Waals surface area contributed by atoms with Gasteiger partial charge in [0, 0.05) is 6.20 Å². The first-order chi connectivity index (χ1) is 8.60. The molecule has 0 saturated carbocycles. The largest absolute Gasteiger partial charge is 0.436 e. The highest BCUT2D eigenvalue weighted by molar-refractivity contribution is 6.32. The molecule has 0 bridgehead atoms. The Hall–Kier alpha value is -1.29. The van der Waals surface area contributed by atoms with Gasteiger partial charge in [0.2, 0.25) is 5.88 Å². The average molecular weight is 284 g/mol. The molecule has 1 heterocycles. The van der Waals surface area contributed by atoms with Gasteiger partial charge in [-0.1, -0.05) is 29.3 Å². The van der Waals surface area contributed by atoms with Crippen molar-refractivity contribution in [3.63, 3.8) is 0 Å². The lowest BCUT2D eigenvalue weighted by Crippen LogP contribution is -1.93. The Morgan fingerprint density at radius 3 is 2.67 bits per heavy atom. The second kappa shape index (κ2) is 5.57. The molecule has 3 nitrogen and oxygen atoms in total. The summed E-state index contributed by atoms with van der Waals surface area (Å²) in [5.74, 6) is 0.768. The van der Waals surface area contributed by atoms with Crippen LogP contribution in [0.1, 0.15) is 11.1 Å². The van der Waals surface area contributed by atoms with Gasteiger partial charge in [-0.25, -0.2) is 4.98 Å². The molecular formula is C13H11Cl2NO2. The number of rotatable bonds is 3. The van der Waals surface area contributed by atoms with Crippen LogP contribution in [0.2, 0.25) is 10.0 Å². The van der Waals surface area contributed by atoms with E-state index in [4.69, 9.17) is 33.0 Å². The number of pyridine rings is 1. The van der Waals surface area contributed by atoms with Crippen LogP contribution in [0.25, 0.3) is 0 Å². The zero-order valence-corrected chi connectivity index (χ0v) is 11.2. The molecule has 5 heteroatoms. The van der Waals surface area contributed by atoms with Gasteiger partial charge in [0.15, 0.2) is 0 Å². The van der Waals surface area contributed by atoms with Crippen molar-refractivity contribution in [3.8, 4) is 11.6 Å². The van der Waals surface area contributed by atoms with Gasteiger partial charge in [-0.05, 0) is 36.2 Å². The third-order valence-corrected chi connectivity index (χ3v) is 2.92. The number of aliphatic hydroxyl groups excluding tert-OH is 1. The van der Waals surface area contributed by atoms with Gasteiger partial charge >= 0.3 is 0 Å². The predicted octanol–water partition coefficient (Wildman–Crippen LogP) is 3.98. The molecule has 0 fully saturated rings. The Morgan fingerprint density at radius 1 is 1.22 bits per heavy atom. The number of aromatic nitrogens is 1. The summed E-state index contributed by atoms with van der Waals surface area (Å²) in [4.78, 5) is 4.04. The number of nitrogens with zero attached hydrogens (tertiary/aromatic N) is 1. The fraction of sp³-hybridized carbons (Fsp3) is 0.154. The van der Waals surface area contributed by atoms with Crippen molar-refractivity contribution in [1.82, 2.24) is 4.98 Å². The van der Waals surface area contributed by atoms with Gasteiger partial charge in [-0.3, -0.25) is 0 Å².